The Morgan fingerprint density at radius 1 is 1.44 bits per heavy atom. The van der Waals surface area contributed by atoms with Crippen molar-refractivity contribution >= 4 is 5.97 Å². The largest absolute Gasteiger partial charge is 0.496 e. The summed E-state index contributed by atoms with van der Waals surface area (Å²) in [5.41, 5.74) is 1.08. The Morgan fingerprint density at radius 2 is 2.11 bits per heavy atom. The minimum atomic E-state index is -0.756. The highest BCUT2D eigenvalue weighted by molar-refractivity contribution is 5.69. The van der Waals surface area contributed by atoms with Crippen LogP contribution >= 0.6 is 0 Å². The van der Waals surface area contributed by atoms with Crippen LogP contribution in [0.2, 0.25) is 0 Å². The lowest BCUT2D eigenvalue weighted by Crippen LogP contribution is -2.31. The molecule has 0 bridgehead atoms. The molecule has 4 nitrogen and oxygen atoms in total. The van der Waals surface area contributed by atoms with Gasteiger partial charge in [0.25, 0.3) is 0 Å². The fourth-order valence-corrected chi connectivity index (χ4v) is 1.85. The zero-order valence-corrected chi connectivity index (χ0v) is 11.2. The van der Waals surface area contributed by atoms with Crippen LogP contribution < -0.4 is 4.74 Å². The minimum Gasteiger partial charge on any atom is -0.496 e. The lowest BCUT2D eigenvalue weighted by Gasteiger charge is -2.23. The van der Waals surface area contributed by atoms with Crippen molar-refractivity contribution in [2.45, 2.75) is 20.4 Å². The van der Waals surface area contributed by atoms with Crippen LogP contribution in [-0.2, 0) is 11.3 Å². The van der Waals surface area contributed by atoms with Gasteiger partial charge in [-0.1, -0.05) is 32.0 Å². The number of benzene rings is 1. The Kier molecular flexibility index (Phi) is 5.65. The van der Waals surface area contributed by atoms with Gasteiger partial charge in [0.05, 0.1) is 13.0 Å². The maximum Gasteiger partial charge on any atom is 0.307 e. The second kappa shape index (κ2) is 7.01. The topological polar surface area (TPSA) is 49.8 Å². The molecule has 0 aliphatic heterocycles. The van der Waals surface area contributed by atoms with Crippen molar-refractivity contribution in [1.29, 1.82) is 0 Å². The summed E-state index contributed by atoms with van der Waals surface area (Å²) in [4.78, 5) is 13.0. The summed E-state index contributed by atoms with van der Waals surface area (Å²) in [5, 5.41) is 8.94. The molecular weight excluding hydrogens is 230 g/mol. The summed E-state index contributed by atoms with van der Waals surface area (Å²) in [6, 6.07) is 7.82. The Labute approximate surface area is 108 Å². The minimum absolute atomic E-state index is 0.361. The van der Waals surface area contributed by atoms with Crippen molar-refractivity contribution in [2.24, 2.45) is 5.92 Å². The molecule has 0 aliphatic rings. The molecule has 0 heterocycles. The predicted molar refractivity (Wildman–Crippen MR) is 70.7 cm³/mol. The van der Waals surface area contributed by atoms with Crippen LogP contribution in [0, 0.1) is 5.92 Å². The number of carboxylic acids is 1. The maximum absolute atomic E-state index is 10.9. The Balaban J connectivity index is 2.70. The number of hydrogen-bond acceptors (Lipinski definition) is 3. The van der Waals surface area contributed by atoms with Gasteiger partial charge in [-0.05, 0) is 12.6 Å². The van der Waals surface area contributed by atoms with Gasteiger partial charge >= 0.3 is 5.97 Å². The monoisotopic (exact) mass is 251 g/mol. The summed E-state index contributed by atoms with van der Waals surface area (Å²) in [6.45, 7) is 5.83. The molecule has 1 rings (SSSR count). The van der Waals surface area contributed by atoms with Gasteiger partial charge in [0, 0.05) is 18.7 Å². The van der Waals surface area contributed by atoms with E-state index in [0.717, 1.165) is 17.9 Å². The number of rotatable bonds is 7. The molecule has 0 spiro atoms. The number of carbonyl (C=O) groups is 1. The highest BCUT2D eigenvalue weighted by atomic mass is 16.5. The fourth-order valence-electron chi connectivity index (χ4n) is 1.85. The molecule has 0 amide bonds. The van der Waals surface area contributed by atoms with Gasteiger partial charge < -0.3 is 9.84 Å². The Bertz CT molecular complexity index is 392. The lowest BCUT2D eigenvalue weighted by molar-refractivity contribution is -0.141. The molecule has 1 atom stereocenters. The average Bonchev–Trinajstić information content (AvgIpc) is 2.38. The predicted octanol–water partition coefficient (Wildman–Crippen LogP) is 2.24. The molecule has 1 unspecified atom stereocenters. The molecule has 4 heteroatoms. The third-order valence-electron chi connectivity index (χ3n) is 2.99. The molecule has 1 aromatic rings. The Morgan fingerprint density at radius 3 is 2.67 bits per heavy atom. The summed E-state index contributed by atoms with van der Waals surface area (Å²) in [7, 11) is 1.65. The highest BCUT2D eigenvalue weighted by Crippen LogP contribution is 2.19. The molecular formula is C14H21NO3. The molecule has 1 aromatic carbocycles. The highest BCUT2D eigenvalue weighted by Gasteiger charge is 2.16. The van der Waals surface area contributed by atoms with Crippen LogP contribution in [0.1, 0.15) is 19.4 Å². The van der Waals surface area contributed by atoms with E-state index < -0.39 is 5.97 Å². The van der Waals surface area contributed by atoms with E-state index in [2.05, 4.69) is 4.90 Å². The van der Waals surface area contributed by atoms with Crippen molar-refractivity contribution in [2.75, 3.05) is 20.2 Å². The van der Waals surface area contributed by atoms with Gasteiger partial charge in [-0.2, -0.15) is 0 Å². The van der Waals surface area contributed by atoms with Gasteiger partial charge in [-0.3, -0.25) is 9.69 Å². The van der Waals surface area contributed by atoms with E-state index in [1.165, 1.54) is 0 Å². The van der Waals surface area contributed by atoms with E-state index in [-0.39, 0.29) is 5.92 Å². The first-order valence-corrected chi connectivity index (χ1v) is 6.15. The zero-order chi connectivity index (χ0) is 13.5. The normalized spacial score (nSPS) is 12.4. The van der Waals surface area contributed by atoms with E-state index in [4.69, 9.17) is 9.84 Å². The fraction of sp³-hybridized carbons (Fsp3) is 0.500. The third-order valence-corrected chi connectivity index (χ3v) is 2.99. The van der Waals surface area contributed by atoms with Crippen molar-refractivity contribution < 1.29 is 14.6 Å². The van der Waals surface area contributed by atoms with Gasteiger partial charge in [-0.15, -0.1) is 0 Å². The number of aliphatic carboxylic acids is 1. The lowest BCUT2D eigenvalue weighted by atomic mass is 10.1. The van der Waals surface area contributed by atoms with E-state index in [1.807, 2.05) is 31.2 Å². The van der Waals surface area contributed by atoms with Crippen molar-refractivity contribution in [3.8, 4) is 5.75 Å². The van der Waals surface area contributed by atoms with Crippen molar-refractivity contribution in [3.05, 3.63) is 29.8 Å². The summed E-state index contributed by atoms with van der Waals surface area (Å²) in [6.07, 6.45) is 0. The second-order valence-corrected chi connectivity index (χ2v) is 4.38. The van der Waals surface area contributed by atoms with Gasteiger partial charge in [0.1, 0.15) is 5.75 Å². The van der Waals surface area contributed by atoms with Crippen LogP contribution in [0.3, 0.4) is 0 Å². The molecule has 0 saturated heterocycles. The summed E-state index contributed by atoms with van der Waals surface area (Å²) < 4.78 is 5.30. The van der Waals surface area contributed by atoms with E-state index in [1.54, 1.807) is 14.0 Å². The number of hydrogen-bond donors (Lipinski definition) is 1. The van der Waals surface area contributed by atoms with Gasteiger partial charge in [0.15, 0.2) is 0 Å². The average molecular weight is 251 g/mol. The molecule has 0 radical (unpaired) electrons. The SMILES string of the molecule is CCN(Cc1ccccc1OC)CC(C)C(=O)O. The van der Waals surface area contributed by atoms with Crippen LogP contribution in [0.25, 0.3) is 0 Å². The number of carboxylic acid groups (broad SMARTS) is 1. The number of ether oxygens (including phenoxy) is 1. The number of nitrogens with zero attached hydrogens (tertiary/aromatic N) is 1. The maximum atomic E-state index is 10.9. The van der Waals surface area contributed by atoms with Crippen LogP contribution in [0.4, 0.5) is 0 Å². The molecule has 0 saturated carbocycles. The van der Waals surface area contributed by atoms with Crippen molar-refractivity contribution in [3.63, 3.8) is 0 Å². The first-order valence-electron chi connectivity index (χ1n) is 6.15. The first-order chi connectivity index (χ1) is 8.58. The number of methoxy groups -OCH3 is 1. The molecule has 0 aromatic heterocycles. The van der Waals surface area contributed by atoms with E-state index in [0.29, 0.717) is 13.1 Å². The van der Waals surface area contributed by atoms with Crippen LogP contribution in [-0.4, -0.2) is 36.2 Å². The summed E-state index contributed by atoms with van der Waals surface area (Å²) >= 11 is 0. The van der Waals surface area contributed by atoms with Crippen LogP contribution in [0.5, 0.6) is 5.75 Å². The molecule has 0 fully saturated rings. The molecule has 1 N–H and O–H groups in total. The molecule has 0 aliphatic carbocycles. The summed E-state index contributed by atoms with van der Waals surface area (Å²) in [5.74, 6) is -0.271. The first kappa shape index (κ1) is 14.5. The van der Waals surface area contributed by atoms with Crippen LogP contribution in [0.15, 0.2) is 24.3 Å². The quantitative estimate of drug-likeness (QED) is 0.807. The van der Waals surface area contributed by atoms with Gasteiger partial charge in [-0.25, -0.2) is 0 Å². The van der Waals surface area contributed by atoms with Crippen molar-refractivity contribution in [1.82, 2.24) is 4.90 Å². The third kappa shape index (κ3) is 4.04. The smallest absolute Gasteiger partial charge is 0.307 e. The van der Waals surface area contributed by atoms with Gasteiger partial charge in [0.2, 0.25) is 0 Å². The Hall–Kier alpha value is -1.55. The zero-order valence-electron chi connectivity index (χ0n) is 11.2. The molecule has 100 valence electrons. The standard InChI is InChI=1S/C14H21NO3/c1-4-15(9-11(2)14(16)17)10-12-7-5-6-8-13(12)18-3/h5-8,11H,4,9-10H2,1-3H3,(H,16,17). The molecule has 18 heavy (non-hydrogen) atoms. The van der Waals surface area contributed by atoms with E-state index >= 15 is 0 Å². The number of para-hydroxylation sites is 1. The van der Waals surface area contributed by atoms with E-state index in [9.17, 15) is 4.79 Å². The second-order valence-electron chi connectivity index (χ2n) is 4.38.